The second-order valence-electron chi connectivity index (χ2n) is 9.49. The summed E-state index contributed by atoms with van der Waals surface area (Å²) in [5, 5.41) is 0. The fraction of sp³-hybridized carbons (Fsp3) is 0.355. The van der Waals surface area contributed by atoms with Crippen LogP contribution in [0.3, 0.4) is 0 Å². The number of rotatable bonds is 5. The Morgan fingerprint density at radius 2 is 1.56 bits per heavy atom. The Bertz CT molecular complexity index is 1130. The van der Waals surface area contributed by atoms with Gasteiger partial charge in [-0.2, -0.15) is 0 Å². The summed E-state index contributed by atoms with van der Waals surface area (Å²) in [5.74, 6) is 0.473. The number of benzene rings is 3. The highest BCUT2D eigenvalue weighted by atomic mass is 16.5. The minimum atomic E-state index is -0.200. The van der Waals surface area contributed by atoms with E-state index in [1.165, 1.54) is 0 Å². The summed E-state index contributed by atoms with van der Waals surface area (Å²) in [6, 6.07) is 27.6. The van der Waals surface area contributed by atoms with Gasteiger partial charge in [0.25, 0.3) is 5.91 Å². The summed E-state index contributed by atoms with van der Waals surface area (Å²) in [7, 11) is 1.83. The summed E-state index contributed by atoms with van der Waals surface area (Å²) >= 11 is 0. The normalized spacial score (nSPS) is 17.8. The second kappa shape index (κ2) is 12.4. The molecule has 0 spiro atoms. The van der Waals surface area contributed by atoms with Gasteiger partial charge in [-0.25, -0.2) is 0 Å². The first-order chi connectivity index (χ1) is 17.6. The van der Waals surface area contributed by atoms with Crippen LogP contribution >= 0.6 is 0 Å². The van der Waals surface area contributed by atoms with Crippen LogP contribution in [0.15, 0.2) is 84.9 Å². The van der Waals surface area contributed by atoms with E-state index < -0.39 is 0 Å². The molecule has 1 aliphatic heterocycles. The van der Waals surface area contributed by atoms with Crippen LogP contribution in [0.1, 0.15) is 53.6 Å². The number of amides is 2. The van der Waals surface area contributed by atoms with Crippen molar-refractivity contribution in [2.75, 3.05) is 26.7 Å². The summed E-state index contributed by atoms with van der Waals surface area (Å²) < 4.78 is 6.32. The van der Waals surface area contributed by atoms with E-state index in [-0.39, 0.29) is 23.8 Å². The number of hydrogen-bond donors (Lipinski definition) is 0. The van der Waals surface area contributed by atoms with Crippen LogP contribution in [-0.4, -0.2) is 54.4 Å². The molecule has 3 aromatic carbocycles. The minimum Gasteiger partial charge on any atom is -0.491 e. The monoisotopic (exact) mass is 484 g/mol. The van der Waals surface area contributed by atoms with Crippen LogP contribution in [0.25, 0.3) is 0 Å². The van der Waals surface area contributed by atoms with Crippen molar-refractivity contribution in [1.82, 2.24) is 9.80 Å². The molecule has 4 rings (SSSR count). The Balaban J connectivity index is 1.69. The van der Waals surface area contributed by atoms with Crippen LogP contribution in [0.5, 0.6) is 5.75 Å². The number of hydrogen-bond acceptors (Lipinski definition) is 3. The van der Waals surface area contributed by atoms with Crippen LogP contribution in [0.4, 0.5) is 0 Å². The van der Waals surface area contributed by atoms with Crippen molar-refractivity contribution in [3.8, 4) is 5.75 Å². The molecule has 1 unspecified atom stereocenters. The molecule has 5 nitrogen and oxygen atoms in total. The van der Waals surface area contributed by atoms with Gasteiger partial charge < -0.3 is 14.5 Å². The van der Waals surface area contributed by atoms with Crippen molar-refractivity contribution < 1.29 is 14.3 Å². The zero-order valence-corrected chi connectivity index (χ0v) is 21.3. The van der Waals surface area contributed by atoms with Gasteiger partial charge in [-0.1, -0.05) is 79.7 Å². The van der Waals surface area contributed by atoms with E-state index in [2.05, 4.69) is 19.1 Å². The first kappa shape index (κ1) is 25.5. The van der Waals surface area contributed by atoms with E-state index in [0.29, 0.717) is 37.4 Å². The third-order valence-electron chi connectivity index (χ3n) is 6.98. The molecule has 0 saturated carbocycles. The van der Waals surface area contributed by atoms with Gasteiger partial charge in [-0.15, -0.1) is 0 Å². The van der Waals surface area contributed by atoms with E-state index in [0.717, 1.165) is 30.4 Å². The first-order valence-electron chi connectivity index (χ1n) is 12.9. The van der Waals surface area contributed by atoms with Crippen molar-refractivity contribution in [1.29, 1.82) is 0 Å². The number of fused-ring (bicyclic) bond motifs is 1. The van der Waals surface area contributed by atoms with Gasteiger partial charge in [0.15, 0.2) is 0 Å². The smallest absolute Gasteiger partial charge is 0.257 e. The number of ether oxygens (including phenoxy) is 1. The summed E-state index contributed by atoms with van der Waals surface area (Å²) in [4.78, 5) is 31.0. The fourth-order valence-corrected chi connectivity index (χ4v) is 4.95. The molecule has 0 radical (unpaired) electrons. The van der Waals surface area contributed by atoms with Crippen LogP contribution < -0.4 is 4.74 Å². The van der Waals surface area contributed by atoms with Crippen LogP contribution in [-0.2, 0) is 11.2 Å². The molecule has 0 bridgehead atoms. The maximum atomic E-state index is 14.1. The molecule has 0 aliphatic carbocycles. The Morgan fingerprint density at radius 1 is 0.917 bits per heavy atom. The minimum absolute atomic E-state index is 0.0335. The molecule has 0 N–H and O–H groups in total. The molecule has 1 heterocycles. The number of carbonyl (C=O) groups is 2. The summed E-state index contributed by atoms with van der Waals surface area (Å²) in [6.45, 7) is 3.66. The number of para-hydroxylation sites is 1. The van der Waals surface area contributed by atoms with E-state index in [4.69, 9.17) is 4.74 Å². The lowest BCUT2D eigenvalue weighted by Gasteiger charge is -2.35. The molecule has 2 atom stereocenters. The molecule has 2 amide bonds. The van der Waals surface area contributed by atoms with Gasteiger partial charge in [-0.05, 0) is 48.9 Å². The van der Waals surface area contributed by atoms with Crippen LogP contribution in [0.2, 0.25) is 0 Å². The molecule has 0 aromatic heterocycles. The third kappa shape index (κ3) is 6.14. The van der Waals surface area contributed by atoms with Gasteiger partial charge in [0.1, 0.15) is 12.4 Å². The van der Waals surface area contributed by atoms with Gasteiger partial charge in [0.2, 0.25) is 5.91 Å². The molecular weight excluding hydrogens is 448 g/mol. The summed E-state index contributed by atoms with van der Waals surface area (Å²) in [6.07, 6.45) is 3.07. The Labute approximate surface area is 214 Å². The molecule has 36 heavy (non-hydrogen) atoms. The highest BCUT2D eigenvalue weighted by Gasteiger charge is 2.31. The van der Waals surface area contributed by atoms with Gasteiger partial charge in [0, 0.05) is 20.1 Å². The van der Waals surface area contributed by atoms with Crippen molar-refractivity contribution >= 4 is 11.8 Å². The highest BCUT2D eigenvalue weighted by molar-refractivity contribution is 5.96. The van der Waals surface area contributed by atoms with E-state index in [1.54, 1.807) is 4.90 Å². The van der Waals surface area contributed by atoms with Crippen molar-refractivity contribution in [3.63, 3.8) is 0 Å². The molecule has 1 aliphatic rings. The predicted molar refractivity (Wildman–Crippen MR) is 143 cm³/mol. The maximum Gasteiger partial charge on any atom is 0.257 e. The van der Waals surface area contributed by atoms with Crippen molar-refractivity contribution in [2.45, 2.75) is 44.6 Å². The van der Waals surface area contributed by atoms with Gasteiger partial charge >= 0.3 is 0 Å². The third-order valence-corrected chi connectivity index (χ3v) is 6.98. The Morgan fingerprint density at radius 3 is 2.28 bits per heavy atom. The van der Waals surface area contributed by atoms with Gasteiger partial charge in [0.05, 0.1) is 17.5 Å². The summed E-state index contributed by atoms with van der Waals surface area (Å²) in [5.41, 5.74) is 2.77. The van der Waals surface area contributed by atoms with E-state index in [1.807, 2.05) is 84.7 Å². The standard InChI is InChI=1S/C31H36N2O3/c1-3-27(25-16-8-5-9-17-25)31(35)33-21-13-12-20-32(2)30(34)28-18-10-11-19-29(28)36-23-26(33)22-24-14-6-4-7-15-24/h4-11,14-19,26-27H,3,12-13,20-23H2,1-2H3/t26-,27?/m1/s1. The van der Waals surface area contributed by atoms with Crippen molar-refractivity contribution in [3.05, 3.63) is 102 Å². The first-order valence-corrected chi connectivity index (χ1v) is 12.9. The van der Waals surface area contributed by atoms with E-state index in [9.17, 15) is 9.59 Å². The number of nitrogens with zero attached hydrogens (tertiary/aromatic N) is 2. The lowest BCUT2D eigenvalue weighted by atomic mass is 9.93. The average Bonchev–Trinajstić information content (AvgIpc) is 2.92. The van der Waals surface area contributed by atoms with E-state index >= 15 is 0 Å². The Hall–Kier alpha value is -3.60. The number of carbonyl (C=O) groups excluding carboxylic acids is 2. The SMILES string of the molecule is CCC(C(=O)N1CCCCN(C)C(=O)c2ccccc2OC[C@H]1Cc1ccccc1)c1ccccc1. The molecule has 188 valence electrons. The quantitative estimate of drug-likeness (QED) is 0.476. The lowest BCUT2D eigenvalue weighted by Crippen LogP contribution is -2.48. The Kier molecular flexibility index (Phi) is 8.77. The predicted octanol–water partition coefficient (Wildman–Crippen LogP) is 5.56. The molecule has 3 aromatic rings. The molecule has 0 fully saturated rings. The fourth-order valence-electron chi connectivity index (χ4n) is 4.95. The molecular formula is C31H36N2O3. The molecule has 0 saturated heterocycles. The maximum absolute atomic E-state index is 14.1. The topological polar surface area (TPSA) is 49.9 Å². The van der Waals surface area contributed by atoms with Crippen molar-refractivity contribution in [2.24, 2.45) is 0 Å². The molecule has 5 heteroatoms. The highest BCUT2D eigenvalue weighted by Crippen LogP contribution is 2.26. The van der Waals surface area contributed by atoms with Gasteiger partial charge in [-0.3, -0.25) is 9.59 Å². The zero-order valence-electron chi connectivity index (χ0n) is 21.3. The zero-order chi connectivity index (χ0) is 25.3. The largest absolute Gasteiger partial charge is 0.491 e. The lowest BCUT2D eigenvalue weighted by molar-refractivity contribution is -0.136. The van der Waals surface area contributed by atoms with Crippen LogP contribution in [0, 0.1) is 0 Å². The average molecular weight is 485 g/mol. The second-order valence-corrected chi connectivity index (χ2v) is 9.49.